The summed E-state index contributed by atoms with van der Waals surface area (Å²) in [6, 6.07) is 10.4. The highest BCUT2D eigenvalue weighted by Gasteiger charge is 2.31. The zero-order chi connectivity index (χ0) is 21.7. The number of likely N-dealkylation sites (tertiary alicyclic amines) is 1. The molecule has 0 spiro atoms. The number of hydrogen-bond donors (Lipinski definition) is 3. The number of nitrogen functional groups attached to an aromatic ring is 1. The minimum Gasteiger partial charge on any atom is -0.468 e. The predicted octanol–water partition coefficient (Wildman–Crippen LogP) is 1.97. The monoisotopic (exact) mass is 432 g/mol. The van der Waals surface area contributed by atoms with E-state index >= 15 is 0 Å². The highest BCUT2D eigenvalue weighted by Crippen LogP contribution is 2.27. The maximum absolute atomic E-state index is 12.4. The normalized spacial score (nSPS) is 16.1. The summed E-state index contributed by atoms with van der Waals surface area (Å²) >= 11 is 5.89. The Hall–Kier alpha value is -2.84. The number of carbonyl (C=O) groups excluding carboxylic acids is 2. The van der Waals surface area contributed by atoms with E-state index in [1.165, 1.54) is 13.2 Å². The lowest BCUT2D eigenvalue weighted by Crippen LogP contribution is -2.43. The molecule has 0 saturated carbocycles. The average Bonchev–Trinajstić information content (AvgIpc) is 2.76. The highest BCUT2D eigenvalue weighted by atomic mass is 35.5. The van der Waals surface area contributed by atoms with Gasteiger partial charge in [-0.3, -0.25) is 14.5 Å². The largest absolute Gasteiger partial charge is 0.468 e. The van der Waals surface area contributed by atoms with Crippen LogP contribution in [-0.2, 0) is 9.53 Å². The number of anilines is 1. The van der Waals surface area contributed by atoms with Gasteiger partial charge in [-0.2, -0.15) is 0 Å². The summed E-state index contributed by atoms with van der Waals surface area (Å²) in [5, 5.41) is 2.92. The number of esters is 1. The number of ether oxygens (including phenoxy) is 1. The van der Waals surface area contributed by atoms with E-state index in [0.717, 1.165) is 18.4 Å². The Morgan fingerprint density at radius 2 is 1.97 bits per heavy atom. The minimum atomic E-state index is -0.576. The molecule has 1 aliphatic heterocycles. The molecule has 0 radical (unpaired) electrons. The third kappa shape index (κ3) is 5.01. The number of piperidine rings is 1. The van der Waals surface area contributed by atoms with E-state index < -0.39 is 17.5 Å². The molecule has 2 aromatic rings. The van der Waals surface area contributed by atoms with Crippen LogP contribution in [0.1, 0.15) is 34.8 Å². The van der Waals surface area contributed by atoms with Crippen molar-refractivity contribution < 1.29 is 14.3 Å². The van der Waals surface area contributed by atoms with Gasteiger partial charge in [-0.05, 0) is 43.5 Å². The number of pyridine rings is 1. The van der Waals surface area contributed by atoms with Gasteiger partial charge in [-0.25, -0.2) is 4.79 Å². The van der Waals surface area contributed by atoms with Crippen LogP contribution in [0, 0.1) is 5.92 Å². The molecule has 1 aliphatic rings. The molecule has 1 amide bonds. The standard InChI is InChI=1S/C21H25ClN4O4/c1-30-21(29)17(14-5-3-2-4-6-14)26-9-7-13(8-10-26)12-24-19(27)15-11-16(22)18(23)25-20(15)28/h2-6,11,13,17H,7-10,12H2,1H3,(H,24,27)(H3,23,25,28). The number of carbonyl (C=O) groups is 2. The van der Waals surface area contributed by atoms with E-state index in [-0.39, 0.29) is 28.3 Å². The predicted molar refractivity (Wildman–Crippen MR) is 114 cm³/mol. The lowest BCUT2D eigenvalue weighted by molar-refractivity contribution is -0.148. The van der Waals surface area contributed by atoms with Crippen molar-refractivity contribution in [2.45, 2.75) is 18.9 Å². The zero-order valence-corrected chi connectivity index (χ0v) is 17.4. The molecule has 9 heteroatoms. The van der Waals surface area contributed by atoms with E-state index in [4.69, 9.17) is 22.1 Å². The molecule has 160 valence electrons. The topological polar surface area (TPSA) is 118 Å². The fourth-order valence-electron chi connectivity index (χ4n) is 3.68. The van der Waals surface area contributed by atoms with Crippen LogP contribution in [-0.4, -0.2) is 48.5 Å². The molecule has 30 heavy (non-hydrogen) atoms. The molecular formula is C21H25ClN4O4. The lowest BCUT2D eigenvalue weighted by atomic mass is 9.94. The third-order valence-corrected chi connectivity index (χ3v) is 5.68. The van der Waals surface area contributed by atoms with Gasteiger partial charge < -0.3 is 20.8 Å². The summed E-state index contributed by atoms with van der Waals surface area (Å²) in [5.74, 6) is -0.503. The number of hydrogen-bond acceptors (Lipinski definition) is 6. The number of amides is 1. The number of methoxy groups -OCH3 is 1. The molecule has 1 fully saturated rings. The molecule has 1 saturated heterocycles. The van der Waals surface area contributed by atoms with Gasteiger partial charge >= 0.3 is 5.97 Å². The van der Waals surface area contributed by atoms with Crippen molar-refractivity contribution in [1.29, 1.82) is 0 Å². The third-order valence-electron chi connectivity index (χ3n) is 5.37. The Kier molecular flexibility index (Phi) is 7.12. The molecule has 3 rings (SSSR count). The fraction of sp³-hybridized carbons (Fsp3) is 0.381. The van der Waals surface area contributed by atoms with Gasteiger partial charge in [-0.1, -0.05) is 41.9 Å². The average molecular weight is 433 g/mol. The Morgan fingerprint density at radius 3 is 2.60 bits per heavy atom. The fourth-order valence-corrected chi connectivity index (χ4v) is 3.83. The van der Waals surface area contributed by atoms with Gasteiger partial charge in [0.1, 0.15) is 17.4 Å². The summed E-state index contributed by atoms with van der Waals surface area (Å²) in [7, 11) is 1.39. The molecule has 2 heterocycles. The van der Waals surface area contributed by atoms with Crippen molar-refractivity contribution in [3.05, 3.63) is 62.9 Å². The van der Waals surface area contributed by atoms with E-state index in [9.17, 15) is 14.4 Å². The van der Waals surface area contributed by atoms with E-state index in [1.807, 2.05) is 30.3 Å². The second kappa shape index (κ2) is 9.77. The van der Waals surface area contributed by atoms with Gasteiger partial charge in [-0.15, -0.1) is 0 Å². The minimum absolute atomic E-state index is 0.0316. The van der Waals surface area contributed by atoms with Gasteiger partial charge in [0.25, 0.3) is 11.5 Å². The number of rotatable bonds is 6. The first kappa shape index (κ1) is 21.9. The Labute approximate surface area is 179 Å². The van der Waals surface area contributed by atoms with Crippen molar-refractivity contribution in [3.8, 4) is 0 Å². The molecule has 1 atom stereocenters. The second-order valence-corrected chi connectivity index (χ2v) is 7.71. The summed E-state index contributed by atoms with van der Waals surface area (Å²) in [5.41, 5.74) is 5.79. The summed E-state index contributed by atoms with van der Waals surface area (Å²) in [6.45, 7) is 1.83. The maximum atomic E-state index is 12.4. The highest BCUT2D eigenvalue weighted by molar-refractivity contribution is 6.33. The molecule has 0 aliphatic carbocycles. The first-order valence-corrected chi connectivity index (χ1v) is 10.1. The van der Waals surface area contributed by atoms with Crippen LogP contribution in [0.5, 0.6) is 0 Å². The van der Waals surface area contributed by atoms with Crippen LogP contribution in [0.2, 0.25) is 5.02 Å². The maximum Gasteiger partial charge on any atom is 0.327 e. The van der Waals surface area contributed by atoms with Gasteiger partial charge in [0, 0.05) is 6.54 Å². The molecule has 0 bridgehead atoms. The van der Waals surface area contributed by atoms with Crippen LogP contribution in [0.15, 0.2) is 41.2 Å². The zero-order valence-electron chi connectivity index (χ0n) is 16.7. The molecule has 1 aromatic heterocycles. The van der Waals surface area contributed by atoms with Crippen LogP contribution < -0.4 is 16.6 Å². The van der Waals surface area contributed by atoms with Crippen molar-refractivity contribution in [1.82, 2.24) is 15.2 Å². The van der Waals surface area contributed by atoms with E-state index in [0.29, 0.717) is 19.6 Å². The molecule has 1 aromatic carbocycles. The van der Waals surface area contributed by atoms with Crippen molar-refractivity contribution >= 4 is 29.3 Å². The van der Waals surface area contributed by atoms with Crippen LogP contribution >= 0.6 is 11.6 Å². The lowest BCUT2D eigenvalue weighted by Gasteiger charge is -2.36. The van der Waals surface area contributed by atoms with Crippen molar-refractivity contribution in [2.24, 2.45) is 5.92 Å². The Morgan fingerprint density at radius 1 is 1.30 bits per heavy atom. The van der Waals surface area contributed by atoms with Crippen molar-refractivity contribution in [2.75, 3.05) is 32.5 Å². The number of H-pyrrole nitrogens is 1. The van der Waals surface area contributed by atoms with Gasteiger partial charge in [0.15, 0.2) is 0 Å². The smallest absolute Gasteiger partial charge is 0.327 e. The number of benzene rings is 1. The number of nitrogens with two attached hydrogens (primary N) is 1. The van der Waals surface area contributed by atoms with E-state index in [2.05, 4.69) is 15.2 Å². The molecule has 4 N–H and O–H groups in total. The molecule has 8 nitrogen and oxygen atoms in total. The quantitative estimate of drug-likeness (QED) is 0.600. The first-order valence-electron chi connectivity index (χ1n) is 9.74. The van der Waals surface area contributed by atoms with E-state index in [1.54, 1.807) is 0 Å². The van der Waals surface area contributed by atoms with Gasteiger partial charge in [0.05, 0.1) is 12.1 Å². The Bertz CT molecular complexity index is 955. The number of nitrogens with one attached hydrogen (secondary N) is 2. The number of halogens is 1. The number of nitrogens with zero attached hydrogens (tertiary/aromatic N) is 1. The van der Waals surface area contributed by atoms with Crippen LogP contribution in [0.4, 0.5) is 5.82 Å². The number of aromatic amines is 1. The summed E-state index contributed by atoms with van der Waals surface area (Å²) < 4.78 is 5.01. The number of aromatic nitrogens is 1. The van der Waals surface area contributed by atoms with Crippen LogP contribution in [0.3, 0.4) is 0 Å². The molecule has 1 unspecified atom stereocenters. The molecular weight excluding hydrogens is 408 g/mol. The SMILES string of the molecule is COC(=O)C(c1ccccc1)N1CCC(CNC(=O)c2cc(Cl)c(N)[nH]c2=O)CC1. The summed E-state index contributed by atoms with van der Waals surface area (Å²) in [6.07, 6.45) is 1.61. The first-order chi connectivity index (χ1) is 14.4. The second-order valence-electron chi connectivity index (χ2n) is 7.30. The Balaban J connectivity index is 1.57. The van der Waals surface area contributed by atoms with Gasteiger partial charge in [0.2, 0.25) is 0 Å². The van der Waals surface area contributed by atoms with Crippen molar-refractivity contribution in [3.63, 3.8) is 0 Å². The van der Waals surface area contributed by atoms with Crippen LogP contribution in [0.25, 0.3) is 0 Å². The summed E-state index contributed by atoms with van der Waals surface area (Å²) in [4.78, 5) is 41.1.